The zero-order valence-electron chi connectivity index (χ0n) is 11.4. The van der Waals surface area contributed by atoms with Gasteiger partial charge in [-0.15, -0.1) is 0 Å². The predicted molar refractivity (Wildman–Crippen MR) is 77.8 cm³/mol. The number of hydrogen-bond acceptors (Lipinski definition) is 5. The van der Waals surface area contributed by atoms with Gasteiger partial charge in [-0.25, -0.2) is 0 Å². The van der Waals surface area contributed by atoms with Crippen molar-refractivity contribution in [2.45, 2.75) is 44.1 Å². The van der Waals surface area contributed by atoms with Gasteiger partial charge >= 0.3 is 0 Å². The number of aliphatic hydroxyl groups is 1. The van der Waals surface area contributed by atoms with Crippen LogP contribution in [0.2, 0.25) is 0 Å². The predicted octanol–water partition coefficient (Wildman–Crippen LogP) is -0.298. The van der Waals surface area contributed by atoms with E-state index in [1.807, 2.05) is 0 Å². The molecule has 0 radical (unpaired) electrons. The Morgan fingerprint density at radius 2 is 2.16 bits per heavy atom. The van der Waals surface area contributed by atoms with Crippen LogP contribution in [0.3, 0.4) is 0 Å². The van der Waals surface area contributed by atoms with Crippen molar-refractivity contribution in [2.75, 3.05) is 26.8 Å². The first-order valence-electron chi connectivity index (χ1n) is 6.71. The minimum atomic E-state index is -0.354. The fraction of sp³-hybridized carbons (Fsp3) is 0.917. The van der Waals surface area contributed by atoms with Crippen LogP contribution in [0.15, 0.2) is 0 Å². The molecule has 0 bridgehead atoms. The normalized spacial score (nSPS) is 27.0. The fourth-order valence-electron chi connectivity index (χ4n) is 2.04. The van der Waals surface area contributed by atoms with E-state index < -0.39 is 0 Å². The van der Waals surface area contributed by atoms with Crippen LogP contribution < -0.4 is 16.4 Å². The topological polar surface area (TPSA) is 88.8 Å². The molecule has 0 saturated carbocycles. The average molecular weight is 291 g/mol. The van der Waals surface area contributed by atoms with Crippen LogP contribution in [0.4, 0.5) is 0 Å². The molecular weight excluding hydrogens is 266 g/mol. The van der Waals surface area contributed by atoms with Crippen LogP contribution in [0.25, 0.3) is 0 Å². The lowest BCUT2D eigenvalue weighted by atomic mass is 10.0. The SMILES string of the molecule is COCCCNC(=S)NCCC1CC(O)CC(N)O1. The standard InChI is InChI=1S/C12H25N3O3S/c1-17-6-2-4-14-12(19)15-5-3-10-7-9(16)8-11(13)18-10/h9-11,16H,2-8,13H2,1H3,(H2,14,15,19). The van der Waals surface area contributed by atoms with Gasteiger partial charge in [-0.05, 0) is 31.5 Å². The summed E-state index contributed by atoms with van der Waals surface area (Å²) in [7, 11) is 1.68. The summed E-state index contributed by atoms with van der Waals surface area (Å²) in [6.07, 6.45) is 2.16. The van der Waals surface area contributed by atoms with E-state index in [1.165, 1.54) is 0 Å². The summed E-state index contributed by atoms with van der Waals surface area (Å²) in [4.78, 5) is 0. The number of methoxy groups -OCH3 is 1. The lowest BCUT2D eigenvalue weighted by Crippen LogP contribution is -2.43. The number of rotatable bonds is 7. The number of ether oxygens (including phenoxy) is 2. The van der Waals surface area contributed by atoms with Crippen LogP contribution in [0.1, 0.15) is 25.7 Å². The minimum absolute atomic E-state index is 0.00235. The molecule has 0 amide bonds. The molecule has 3 unspecified atom stereocenters. The molecule has 19 heavy (non-hydrogen) atoms. The maximum Gasteiger partial charge on any atom is 0.166 e. The summed E-state index contributed by atoms with van der Waals surface area (Å²) < 4.78 is 10.5. The molecule has 3 atom stereocenters. The lowest BCUT2D eigenvalue weighted by molar-refractivity contribution is -0.0941. The van der Waals surface area contributed by atoms with Gasteiger partial charge in [0.2, 0.25) is 0 Å². The summed E-state index contributed by atoms with van der Waals surface area (Å²) in [6, 6.07) is 0. The quantitative estimate of drug-likeness (QED) is 0.378. The highest BCUT2D eigenvalue weighted by Gasteiger charge is 2.25. The second-order valence-electron chi connectivity index (χ2n) is 4.74. The zero-order valence-corrected chi connectivity index (χ0v) is 12.2. The summed E-state index contributed by atoms with van der Waals surface area (Å²) >= 11 is 5.14. The monoisotopic (exact) mass is 291 g/mol. The van der Waals surface area contributed by atoms with Gasteiger partial charge in [-0.1, -0.05) is 0 Å². The van der Waals surface area contributed by atoms with Crippen molar-refractivity contribution in [3.63, 3.8) is 0 Å². The Hall–Kier alpha value is -0.470. The molecule has 6 nitrogen and oxygen atoms in total. The Labute approximate surface area is 120 Å². The fourth-order valence-corrected chi connectivity index (χ4v) is 2.24. The van der Waals surface area contributed by atoms with Gasteiger partial charge in [-0.3, -0.25) is 0 Å². The molecule has 1 aliphatic heterocycles. The van der Waals surface area contributed by atoms with Gasteiger partial charge in [0.1, 0.15) is 6.23 Å². The average Bonchev–Trinajstić information content (AvgIpc) is 2.33. The van der Waals surface area contributed by atoms with Crippen molar-refractivity contribution in [2.24, 2.45) is 5.73 Å². The van der Waals surface area contributed by atoms with Crippen LogP contribution in [0.5, 0.6) is 0 Å². The Morgan fingerprint density at radius 3 is 2.84 bits per heavy atom. The molecule has 0 aromatic rings. The molecule has 1 saturated heterocycles. The van der Waals surface area contributed by atoms with Crippen LogP contribution in [-0.4, -0.2) is 55.5 Å². The third kappa shape index (κ3) is 7.64. The maximum atomic E-state index is 9.59. The van der Waals surface area contributed by atoms with E-state index in [-0.39, 0.29) is 18.4 Å². The molecule has 0 spiro atoms. The van der Waals surface area contributed by atoms with Crippen LogP contribution >= 0.6 is 12.2 Å². The summed E-state index contributed by atoms with van der Waals surface area (Å²) in [5, 5.41) is 16.4. The molecule has 0 aliphatic carbocycles. The maximum absolute atomic E-state index is 9.59. The first kappa shape index (κ1) is 16.6. The van der Waals surface area contributed by atoms with Crippen molar-refractivity contribution >= 4 is 17.3 Å². The number of aliphatic hydroxyl groups excluding tert-OH is 1. The highest BCUT2D eigenvalue weighted by molar-refractivity contribution is 7.80. The Kier molecular flexibility index (Phi) is 8.24. The van der Waals surface area contributed by atoms with E-state index in [9.17, 15) is 5.11 Å². The van der Waals surface area contributed by atoms with E-state index in [1.54, 1.807) is 7.11 Å². The third-order valence-electron chi connectivity index (χ3n) is 2.97. The molecule has 1 heterocycles. The van der Waals surface area contributed by atoms with Gasteiger partial charge in [-0.2, -0.15) is 0 Å². The summed E-state index contributed by atoms with van der Waals surface area (Å²) in [5.41, 5.74) is 5.69. The largest absolute Gasteiger partial charge is 0.393 e. The zero-order chi connectivity index (χ0) is 14.1. The number of nitrogens with one attached hydrogen (secondary N) is 2. The van der Waals surface area contributed by atoms with E-state index in [0.29, 0.717) is 24.5 Å². The van der Waals surface area contributed by atoms with Gasteiger partial charge < -0.3 is 30.9 Å². The van der Waals surface area contributed by atoms with Gasteiger partial charge in [0.05, 0.1) is 12.2 Å². The van der Waals surface area contributed by atoms with E-state index in [2.05, 4.69) is 10.6 Å². The molecule has 1 rings (SSSR count). The smallest absolute Gasteiger partial charge is 0.166 e. The Balaban J connectivity index is 2.04. The van der Waals surface area contributed by atoms with E-state index in [4.69, 9.17) is 27.4 Å². The van der Waals surface area contributed by atoms with Crippen molar-refractivity contribution in [1.29, 1.82) is 0 Å². The van der Waals surface area contributed by atoms with Gasteiger partial charge in [0.25, 0.3) is 0 Å². The lowest BCUT2D eigenvalue weighted by Gasteiger charge is -2.31. The van der Waals surface area contributed by atoms with Crippen molar-refractivity contribution in [3.8, 4) is 0 Å². The molecule has 7 heteroatoms. The van der Waals surface area contributed by atoms with Gasteiger partial charge in [0, 0.05) is 33.2 Å². The highest BCUT2D eigenvalue weighted by Crippen LogP contribution is 2.18. The molecule has 0 aromatic heterocycles. The van der Waals surface area contributed by atoms with E-state index in [0.717, 1.165) is 26.0 Å². The molecule has 1 aliphatic rings. The third-order valence-corrected chi connectivity index (χ3v) is 3.26. The summed E-state index contributed by atoms with van der Waals surface area (Å²) in [5.74, 6) is 0. The number of hydrogen-bond donors (Lipinski definition) is 4. The minimum Gasteiger partial charge on any atom is -0.393 e. The van der Waals surface area contributed by atoms with Crippen molar-refractivity contribution in [3.05, 3.63) is 0 Å². The molecule has 0 aromatic carbocycles. The highest BCUT2D eigenvalue weighted by atomic mass is 32.1. The van der Waals surface area contributed by atoms with Crippen molar-refractivity contribution in [1.82, 2.24) is 10.6 Å². The van der Waals surface area contributed by atoms with Crippen LogP contribution in [0, 0.1) is 0 Å². The molecule has 112 valence electrons. The second kappa shape index (κ2) is 9.44. The first-order valence-corrected chi connectivity index (χ1v) is 7.12. The van der Waals surface area contributed by atoms with E-state index >= 15 is 0 Å². The van der Waals surface area contributed by atoms with Gasteiger partial charge in [0.15, 0.2) is 5.11 Å². The van der Waals surface area contributed by atoms with Crippen molar-refractivity contribution < 1.29 is 14.6 Å². The molecule has 5 N–H and O–H groups in total. The molecular formula is C12H25N3O3S. The number of thiocarbonyl (C=S) groups is 1. The van der Waals surface area contributed by atoms with Crippen LogP contribution in [-0.2, 0) is 9.47 Å². The first-order chi connectivity index (χ1) is 9.11. The molecule has 1 fully saturated rings. The Morgan fingerprint density at radius 1 is 1.42 bits per heavy atom. The summed E-state index contributed by atoms with van der Waals surface area (Å²) in [6.45, 7) is 2.23. The Bertz CT molecular complexity index is 259. The number of nitrogens with two attached hydrogens (primary N) is 1. The second-order valence-corrected chi connectivity index (χ2v) is 5.15.